The highest BCUT2D eigenvalue weighted by atomic mass is 16.4. The van der Waals surface area contributed by atoms with Gasteiger partial charge in [-0.3, -0.25) is 15.2 Å². The van der Waals surface area contributed by atoms with Crippen molar-refractivity contribution >= 4 is 17.7 Å². The Hall–Kier alpha value is -4.00. The normalized spacial score (nSPS) is 10.7. The zero-order valence-electron chi connectivity index (χ0n) is 17.3. The minimum absolute atomic E-state index is 0.0398. The van der Waals surface area contributed by atoms with Crippen molar-refractivity contribution in [3.05, 3.63) is 77.6 Å². The summed E-state index contributed by atoms with van der Waals surface area (Å²) < 4.78 is 0. The Labute approximate surface area is 180 Å². The minimum Gasteiger partial charge on any atom is -0.478 e. The Balaban J connectivity index is 2.06. The number of benzene rings is 2. The molecule has 0 saturated heterocycles. The van der Waals surface area contributed by atoms with Crippen LogP contribution in [0.4, 0.5) is 0 Å². The number of nitrogen functional groups attached to an aromatic ring is 1. The molecular weight excluding hydrogens is 392 g/mol. The monoisotopic (exact) mass is 416 g/mol. The molecule has 0 fully saturated rings. The maximum absolute atomic E-state index is 12.4. The third-order valence-corrected chi connectivity index (χ3v) is 4.75. The van der Waals surface area contributed by atoms with Crippen LogP contribution in [0.5, 0.6) is 0 Å². The third-order valence-electron chi connectivity index (χ3n) is 4.75. The Kier molecular flexibility index (Phi) is 6.45. The van der Waals surface area contributed by atoms with Crippen LogP contribution in [-0.4, -0.2) is 34.3 Å². The van der Waals surface area contributed by atoms with E-state index in [0.29, 0.717) is 28.9 Å². The molecule has 0 aliphatic rings. The zero-order chi connectivity index (χ0) is 22.5. The summed E-state index contributed by atoms with van der Waals surface area (Å²) in [6.45, 7) is 4.48. The molecule has 7 heteroatoms. The Morgan fingerprint density at radius 2 is 1.77 bits per heavy atom. The van der Waals surface area contributed by atoms with Gasteiger partial charge in [0.1, 0.15) is 11.5 Å². The molecule has 0 radical (unpaired) electrons. The van der Waals surface area contributed by atoms with E-state index in [-0.39, 0.29) is 23.2 Å². The van der Waals surface area contributed by atoms with Gasteiger partial charge >= 0.3 is 5.97 Å². The van der Waals surface area contributed by atoms with E-state index in [9.17, 15) is 14.7 Å². The molecule has 31 heavy (non-hydrogen) atoms. The van der Waals surface area contributed by atoms with Crippen molar-refractivity contribution in [2.24, 2.45) is 11.7 Å². The molecule has 0 aliphatic carbocycles. The van der Waals surface area contributed by atoms with Crippen LogP contribution in [0.1, 0.15) is 40.3 Å². The fourth-order valence-electron chi connectivity index (χ4n) is 3.18. The lowest BCUT2D eigenvalue weighted by atomic mass is 9.91. The van der Waals surface area contributed by atoms with Crippen LogP contribution in [0.2, 0.25) is 0 Å². The lowest BCUT2D eigenvalue weighted by Crippen LogP contribution is -2.27. The lowest BCUT2D eigenvalue weighted by molar-refractivity contribution is 0.0697. The average Bonchev–Trinajstić information content (AvgIpc) is 2.77. The van der Waals surface area contributed by atoms with Gasteiger partial charge in [-0.25, -0.2) is 4.79 Å². The first-order chi connectivity index (χ1) is 14.8. The summed E-state index contributed by atoms with van der Waals surface area (Å²) in [6.07, 6.45) is 1.60. The van der Waals surface area contributed by atoms with Crippen LogP contribution in [0.25, 0.3) is 22.3 Å². The second kappa shape index (κ2) is 9.21. The molecule has 0 unspecified atom stereocenters. The number of hydrogen-bond acceptors (Lipinski definition) is 4. The summed E-state index contributed by atoms with van der Waals surface area (Å²) in [4.78, 5) is 28.6. The van der Waals surface area contributed by atoms with E-state index in [1.807, 2.05) is 38.1 Å². The summed E-state index contributed by atoms with van der Waals surface area (Å²) in [5, 5.41) is 20.1. The molecule has 1 heterocycles. The highest BCUT2D eigenvalue weighted by Gasteiger charge is 2.18. The van der Waals surface area contributed by atoms with Crippen molar-refractivity contribution < 1.29 is 14.7 Å². The van der Waals surface area contributed by atoms with Crippen LogP contribution in [-0.2, 0) is 0 Å². The highest BCUT2D eigenvalue weighted by Crippen LogP contribution is 2.34. The van der Waals surface area contributed by atoms with Crippen molar-refractivity contribution in [1.29, 1.82) is 5.41 Å². The number of nitrogens with zero attached hydrogens (tertiary/aromatic N) is 1. The quantitative estimate of drug-likeness (QED) is 0.344. The van der Waals surface area contributed by atoms with Crippen molar-refractivity contribution in [3.8, 4) is 22.3 Å². The van der Waals surface area contributed by atoms with Gasteiger partial charge in [-0.1, -0.05) is 50.2 Å². The molecule has 0 bridgehead atoms. The SMILES string of the molecule is CC(C)CNC(=O)c1ccc(-c2ccccc2-c2ccc(C(=N)N)nc2)c(C(=O)O)c1. The Morgan fingerprint density at radius 1 is 1.06 bits per heavy atom. The summed E-state index contributed by atoms with van der Waals surface area (Å²) >= 11 is 0. The molecule has 5 N–H and O–H groups in total. The molecule has 1 amide bonds. The van der Waals surface area contributed by atoms with Crippen molar-refractivity contribution in [3.63, 3.8) is 0 Å². The largest absolute Gasteiger partial charge is 0.478 e. The summed E-state index contributed by atoms with van der Waals surface area (Å²) in [5.41, 5.74) is 8.92. The van der Waals surface area contributed by atoms with E-state index in [1.165, 1.54) is 6.07 Å². The topological polar surface area (TPSA) is 129 Å². The zero-order valence-corrected chi connectivity index (χ0v) is 17.3. The molecule has 7 nitrogen and oxygen atoms in total. The molecule has 3 rings (SSSR count). The van der Waals surface area contributed by atoms with Crippen LogP contribution in [0, 0.1) is 11.3 Å². The first-order valence-electron chi connectivity index (χ1n) is 9.83. The van der Waals surface area contributed by atoms with Gasteiger partial charge in [-0.15, -0.1) is 0 Å². The Morgan fingerprint density at radius 3 is 2.35 bits per heavy atom. The van der Waals surface area contributed by atoms with Gasteiger partial charge < -0.3 is 16.2 Å². The van der Waals surface area contributed by atoms with E-state index >= 15 is 0 Å². The minimum atomic E-state index is -1.12. The highest BCUT2D eigenvalue weighted by molar-refractivity contribution is 6.03. The van der Waals surface area contributed by atoms with Crippen molar-refractivity contribution in [1.82, 2.24) is 10.3 Å². The van der Waals surface area contributed by atoms with E-state index in [2.05, 4.69) is 10.3 Å². The molecule has 0 saturated carbocycles. The lowest BCUT2D eigenvalue weighted by Gasteiger charge is -2.14. The number of amidine groups is 1. The number of carboxylic acids is 1. The molecule has 3 aromatic rings. The number of rotatable bonds is 7. The molecule has 2 aromatic carbocycles. The number of amides is 1. The van der Waals surface area contributed by atoms with Gasteiger partial charge in [-0.2, -0.15) is 0 Å². The molecule has 0 atom stereocenters. The third kappa shape index (κ3) is 4.95. The smallest absolute Gasteiger partial charge is 0.336 e. The van der Waals surface area contributed by atoms with Gasteiger partial charge in [0.05, 0.1) is 5.56 Å². The standard InChI is InChI=1S/C24H24N4O3/c1-14(2)12-28-23(29)15-7-9-19(20(11-15)24(30)31)18-6-4-3-5-17(18)16-8-10-21(22(25)26)27-13-16/h3-11,13-14H,12H2,1-2H3,(H3,25,26)(H,28,29)(H,30,31). The number of aromatic nitrogens is 1. The van der Waals surface area contributed by atoms with Gasteiger partial charge in [0, 0.05) is 23.9 Å². The van der Waals surface area contributed by atoms with Crippen LogP contribution in [0.15, 0.2) is 60.8 Å². The number of nitrogens with two attached hydrogens (primary N) is 1. The number of hydrogen-bond donors (Lipinski definition) is 4. The fraction of sp³-hybridized carbons (Fsp3) is 0.167. The second-order valence-electron chi connectivity index (χ2n) is 7.56. The van der Waals surface area contributed by atoms with E-state index in [4.69, 9.17) is 11.1 Å². The summed E-state index contributed by atoms with van der Waals surface area (Å²) in [7, 11) is 0. The number of carboxylic acid groups (broad SMARTS) is 1. The maximum Gasteiger partial charge on any atom is 0.336 e. The van der Waals surface area contributed by atoms with E-state index in [0.717, 1.165) is 11.1 Å². The van der Waals surface area contributed by atoms with Crippen LogP contribution < -0.4 is 11.1 Å². The van der Waals surface area contributed by atoms with Crippen molar-refractivity contribution in [2.45, 2.75) is 13.8 Å². The van der Waals surface area contributed by atoms with Crippen LogP contribution in [0.3, 0.4) is 0 Å². The van der Waals surface area contributed by atoms with Crippen molar-refractivity contribution in [2.75, 3.05) is 6.54 Å². The second-order valence-corrected chi connectivity index (χ2v) is 7.56. The predicted octanol–water partition coefficient (Wildman–Crippen LogP) is 3.78. The van der Waals surface area contributed by atoms with E-state index < -0.39 is 5.97 Å². The van der Waals surface area contributed by atoms with Crippen LogP contribution >= 0.6 is 0 Å². The first kappa shape index (κ1) is 21.7. The Bertz CT molecular complexity index is 1140. The number of nitrogens with one attached hydrogen (secondary N) is 2. The molecule has 1 aromatic heterocycles. The molecular formula is C24H24N4O3. The predicted molar refractivity (Wildman–Crippen MR) is 120 cm³/mol. The molecule has 0 spiro atoms. The number of carbonyl (C=O) groups excluding carboxylic acids is 1. The molecule has 158 valence electrons. The van der Waals surface area contributed by atoms with E-state index in [1.54, 1.807) is 30.5 Å². The van der Waals surface area contributed by atoms with Gasteiger partial charge in [0.2, 0.25) is 0 Å². The first-order valence-corrected chi connectivity index (χ1v) is 9.83. The maximum atomic E-state index is 12.4. The molecule has 0 aliphatic heterocycles. The number of aromatic carboxylic acids is 1. The number of carbonyl (C=O) groups is 2. The summed E-state index contributed by atoms with van der Waals surface area (Å²) in [6, 6.07) is 15.5. The number of pyridine rings is 1. The fourth-order valence-corrected chi connectivity index (χ4v) is 3.18. The van der Waals surface area contributed by atoms with Gasteiger partial charge in [0.15, 0.2) is 0 Å². The van der Waals surface area contributed by atoms with Gasteiger partial charge in [-0.05, 0) is 40.8 Å². The summed E-state index contributed by atoms with van der Waals surface area (Å²) in [5.74, 6) is -1.26. The van der Waals surface area contributed by atoms with Gasteiger partial charge in [0.25, 0.3) is 5.91 Å². The average molecular weight is 416 g/mol.